The Hall–Kier alpha value is -1.55. The Morgan fingerprint density at radius 3 is 2.72 bits per heavy atom. The lowest BCUT2D eigenvalue weighted by molar-refractivity contribution is -0.123. The largest absolute Gasteiger partial charge is 0.484 e. The number of carbonyl (C=O) groups is 1. The van der Waals surface area contributed by atoms with Crippen molar-refractivity contribution < 1.29 is 14.3 Å². The molecule has 1 aromatic rings. The van der Waals surface area contributed by atoms with Crippen molar-refractivity contribution in [3.63, 3.8) is 0 Å². The van der Waals surface area contributed by atoms with Crippen LogP contribution in [0.15, 0.2) is 30.3 Å². The second-order valence-electron chi connectivity index (χ2n) is 4.46. The Bertz CT molecular complexity index is 361. The standard InChI is InChI=1S/C14H19NO3/c16-14(11-18-13-4-2-1-3-5-13)15-10-12-6-8-17-9-7-12/h1-5,12H,6-11H2,(H,15,16). The second kappa shape index (κ2) is 7.01. The third kappa shape index (κ3) is 4.37. The first-order chi connectivity index (χ1) is 8.84. The molecule has 1 aromatic carbocycles. The summed E-state index contributed by atoms with van der Waals surface area (Å²) in [6, 6.07) is 9.36. The zero-order valence-electron chi connectivity index (χ0n) is 10.4. The van der Waals surface area contributed by atoms with Crippen LogP contribution < -0.4 is 10.1 Å². The summed E-state index contributed by atoms with van der Waals surface area (Å²) in [6.45, 7) is 2.41. The van der Waals surface area contributed by atoms with Crippen LogP contribution in [0.5, 0.6) is 5.75 Å². The van der Waals surface area contributed by atoms with Crippen LogP contribution >= 0.6 is 0 Å². The predicted octanol–water partition coefficient (Wildman–Crippen LogP) is 1.61. The van der Waals surface area contributed by atoms with Crippen molar-refractivity contribution in [1.29, 1.82) is 0 Å². The normalized spacial score (nSPS) is 16.2. The van der Waals surface area contributed by atoms with E-state index in [4.69, 9.17) is 9.47 Å². The topological polar surface area (TPSA) is 47.6 Å². The van der Waals surface area contributed by atoms with Gasteiger partial charge in [-0.05, 0) is 30.9 Å². The van der Waals surface area contributed by atoms with Gasteiger partial charge in [0.25, 0.3) is 5.91 Å². The third-order valence-corrected chi connectivity index (χ3v) is 3.04. The number of benzene rings is 1. The molecular weight excluding hydrogens is 230 g/mol. The lowest BCUT2D eigenvalue weighted by Gasteiger charge is -2.22. The summed E-state index contributed by atoms with van der Waals surface area (Å²) < 4.78 is 10.6. The molecule has 1 aliphatic heterocycles. The fourth-order valence-corrected chi connectivity index (χ4v) is 1.93. The van der Waals surface area contributed by atoms with E-state index in [1.54, 1.807) is 0 Å². The van der Waals surface area contributed by atoms with Gasteiger partial charge in [0.1, 0.15) is 5.75 Å². The monoisotopic (exact) mass is 249 g/mol. The molecule has 0 unspecified atom stereocenters. The van der Waals surface area contributed by atoms with Crippen molar-refractivity contribution in [2.75, 3.05) is 26.4 Å². The van der Waals surface area contributed by atoms with Crippen LogP contribution in [0, 0.1) is 5.92 Å². The van der Waals surface area contributed by atoms with E-state index in [9.17, 15) is 4.79 Å². The maximum atomic E-state index is 11.6. The summed E-state index contributed by atoms with van der Waals surface area (Å²) in [7, 11) is 0. The third-order valence-electron chi connectivity index (χ3n) is 3.04. The highest BCUT2D eigenvalue weighted by atomic mass is 16.5. The van der Waals surface area contributed by atoms with E-state index < -0.39 is 0 Å². The van der Waals surface area contributed by atoms with E-state index in [2.05, 4.69) is 5.32 Å². The van der Waals surface area contributed by atoms with Gasteiger partial charge in [-0.1, -0.05) is 18.2 Å². The van der Waals surface area contributed by atoms with Crippen molar-refractivity contribution >= 4 is 5.91 Å². The van der Waals surface area contributed by atoms with Gasteiger partial charge in [0, 0.05) is 19.8 Å². The van der Waals surface area contributed by atoms with Gasteiger partial charge in [-0.2, -0.15) is 0 Å². The lowest BCUT2D eigenvalue weighted by Crippen LogP contribution is -2.35. The number of ether oxygens (including phenoxy) is 2. The van der Waals surface area contributed by atoms with E-state index in [0.29, 0.717) is 5.92 Å². The lowest BCUT2D eigenvalue weighted by atomic mass is 10.0. The predicted molar refractivity (Wildman–Crippen MR) is 68.5 cm³/mol. The van der Waals surface area contributed by atoms with Gasteiger partial charge in [0.2, 0.25) is 0 Å². The van der Waals surface area contributed by atoms with Crippen molar-refractivity contribution in [2.24, 2.45) is 5.92 Å². The molecule has 1 amide bonds. The quantitative estimate of drug-likeness (QED) is 0.862. The number of hydrogen-bond acceptors (Lipinski definition) is 3. The van der Waals surface area contributed by atoms with Gasteiger partial charge < -0.3 is 14.8 Å². The molecule has 1 aliphatic rings. The highest BCUT2D eigenvalue weighted by Gasteiger charge is 2.14. The van der Waals surface area contributed by atoms with Crippen LogP contribution in [0.25, 0.3) is 0 Å². The molecule has 0 bridgehead atoms. The maximum absolute atomic E-state index is 11.6. The zero-order valence-corrected chi connectivity index (χ0v) is 10.4. The fraction of sp³-hybridized carbons (Fsp3) is 0.500. The summed E-state index contributed by atoms with van der Waals surface area (Å²) in [4.78, 5) is 11.6. The summed E-state index contributed by atoms with van der Waals surface area (Å²) in [5, 5.41) is 2.90. The molecule has 98 valence electrons. The van der Waals surface area contributed by atoms with Gasteiger partial charge in [-0.15, -0.1) is 0 Å². The number of nitrogens with one attached hydrogen (secondary N) is 1. The molecule has 1 saturated heterocycles. The average Bonchev–Trinajstić information content (AvgIpc) is 2.45. The SMILES string of the molecule is O=C(COc1ccccc1)NCC1CCOCC1. The second-order valence-corrected chi connectivity index (χ2v) is 4.46. The van der Waals surface area contributed by atoms with E-state index in [-0.39, 0.29) is 12.5 Å². The molecule has 4 nitrogen and oxygen atoms in total. The first-order valence-corrected chi connectivity index (χ1v) is 6.37. The van der Waals surface area contributed by atoms with Crippen LogP contribution in [0.3, 0.4) is 0 Å². The molecule has 4 heteroatoms. The highest BCUT2D eigenvalue weighted by molar-refractivity contribution is 5.77. The van der Waals surface area contributed by atoms with Crippen LogP contribution in [0.4, 0.5) is 0 Å². The van der Waals surface area contributed by atoms with Gasteiger partial charge >= 0.3 is 0 Å². The Kier molecular flexibility index (Phi) is 5.02. The van der Waals surface area contributed by atoms with Crippen LogP contribution in [-0.2, 0) is 9.53 Å². The summed E-state index contributed by atoms with van der Waals surface area (Å²) in [5.74, 6) is 1.20. The molecule has 1 heterocycles. The average molecular weight is 249 g/mol. The van der Waals surface area contributed by atoms with Gasteiger partial charge in [-0.3, -0.25) is 4.79 Å². The molecule has 0 spiro atoms. The minimum Gasteiger partial charge on any atom is -0.484 e. The van der Waals surface area contributed by atoms with Crippen molar-refractivity contribution in [3.8, 4) is 5.75 Å². The molecule has 2 rings (SSSR count). The molecule has 0 atom stereocenters. The Morgan fingerprint density at radius 1 is 1.28 bits per heavy atom. The Labute approximate surface area is 107 Å². The van der Waals surface area contributed by atoms with Crippen molar-refractivity contribution in [2.45, 2.75) is 12.8 Å². The first kappa shape index (κ1) is 12.9. The maximum Gasteiger partial charge on any atom is 0.257 e. The zero-order chi connectivity index (χ0) is 12.6. The van der Waals surface area contributed by atoms with E-state index in [1.165, 1.54) is 0 Å². The van der Waals surface area contributed by atoms with Crippen molar-refractivity contribution in [1.82, 2.24) is 5.32 Å². The number of rotatable bonds is 5. The van der Waals surface area contributed by atoms with E-state index in [1.807, 2.05) is 30.3 Å². The molecule has 0 aliphatic carbocycles. The molecule has 0 radical (unpaired) electrons. The van der Waals surface area contributed by atoms with Crippen LogP contribution in [-0.4, -0.2) is 32.3 Å². The fourth-order valence-electron chi connectivity index (χ4n) is 1.93. The van der Waals surface area contributed by atoms with Crippen molar-refractivity contribution in [3.05, 3.63) is 30.3 Å². The Morgan fingerprint density at radius 2 is 2.00 bits per heavy atom. The van der Waals surface area contributed by atoms with Gasteiger partial charge in [0.05, 0.1) is 0 Å². The summed E-state index contributed by atoms with van der Waals surface area (Å²) in [5.41, 5.74) is 0. The number of hydrogen-bond donors (Lipinski definition) is 1. The van der Waals surface area contributed by atoms with Crippen LogP contribution in [0.2, 0.25) is 0 Å². The van der Waals surface area contributed by atoms with E-state index in [0.717, 1.165) is 38.3 Å². The number of carbonyl (C=O) groups excluding carboxylic acids is 1. The number of para-hydroxylation sites is 1. The summed E-state index contributed by atoms with van der Waals surface area (Å²) in [6.07, 6.45) is 2.06. The van der Waals surface area contributed by atoms with Gasteiger partial charge in [-0.25, -0.2) is 0 Å². The minimum absolute atomic E-state index is 0.0645. The smallest absolute Gasteiger partial charge is 0.257 e. The number of amides is 1. The first-order valence-electron chi connectivity index (χ1n) is 6.37. The minimum atomic E-state index is -0.0645. The van der Waals surface area contributed by atoms with Crippen LogP contribution in [0.1, 0.15) is 12.8 Å². The molecule has 0 saturated carbocycles. The molecule has 18 heavy (non-hydrogen) atoms. The van der Waals surface area contributed by atoms with Gasteiger partial charge in [0.15, 0.2) is 6.61 Å². The highest BCUT2D eigenvalue weighted by Crippen LogP contribution is 2.13. The molecule has 1 N–H and O–H groups in total. The molecule has 1 fully saturated rings. The molecule has 0 aromatic heterocycles. The summed E-state index contributed by atoms with van der Waals surface area (Å²) >= 11 is 0. The Balaban J connectivity index is 1.63. The van der Waals surface area contributed by atoms with E-state index >= 15 is 0 Å². The molecular formula is C14H19NO3.